The van der Waals surface area contributed by atoms with Crippen LogP contribution in [0.2, 0.25) is 0 Å². The second kappa shape index (κ2) is 10.5. The van der Waals surface area contributed by atoms with Crippen molar-refractivity contribution < 1.29 is 9.90 Å². The van der Waals surface area contributed by atoms with E-state index < -0.39 is 11.2 Å². The first-order chi connectivity index (χ1) is 13.7. The molecule has 0 aliphatic rings. The lowest BCUT2D eigenvalue weighted by atomic mass is 9.97. The Labute approximate surface area is 170 Å². The van der Waals surface area contributed by atoms with Crippen molar-refractivity contribution in [3.63, 3.8) is 0 Å². The van der Waals surface area contributed by atoms with Gasteiger partial charge in [-0.2, -0.15) is 0 Å². The minimum Gasteiger partial charge on any atom is -0.480 e. The zero-order valence-corrected chi connectivity index (χ0v) is 16.4. The predicted molar refractivity (Wildman–Crippen MR) is 115 cm³/mol. The molecule has 1 atom stereocenters. The van der Waals surface area contributed by atoms with Gasteiger partial charge in [-0.15, -0.1) is 11.8 Å². The molecule has 3 aromatic rings. The SMILES string of the molecule is O=C(O)C(CCCC=C(c1ccccc1)c1cccnc1)Sc1ccccc1. The van der Waals surface area contributed by atoms with E-state index in [2.05, 4.69) is 29.3 Å². The van der Waals surface area contributed by atoms with Crippen LogP contribution in [-0.4, -0.2) is 21.3 Å². The van der Waals surface area contributed by atoms with Crippen LogP contribution in [0, 0.1) is 0 Å². The van der Waals surface area contributed by atoms with E-state index in [1.54, 1.807) is 6.20 Å². The van der Waals surface area contributed by atoms with Crippen LogP contribution in [0.25, 0.3) is 5.57 Å². The Hall–Kier alpha value is -2.85. The third-order valence-corrected chi connectivity index (χ3v) is 5.64. The van der Waals surface area contributed by atoms with Crippen LogP contribution >= 0.6 is 11.8 Å². The molecule has 0 amide bonds. The molecule has 142 valence electrons. The van der Waals surface area contributed by atoms with Gasteiger partial charge in [0.15, 0.2) is 0 Å². The number of benzene rings is 2. The topological polar surface area (TPSA) is 50.2 Å². The number of aliphatic carboxylic acids is 1. The molecule has 2 aromatic carbocycles. The number of aromatic nitrogens is 1. The Balaban J connectivity index is 1.67. The maximum atomic E-state index is 11.6. The molecule has 0 saturated heterocycles. The fourth-order valence-electron chi connectivity index (χ4n) is 2.99. The molecular formula is C24H23NO2S. The van der Waals surface area contributed by atoms with Crippen molar-refractivity contribution in [1.82, 2.24) is 4.98 Å². The van der Waals surface area contributed by atoms with E-state index >= 15 is 0 Å². The van der Waals surface area contributed by atoms with Crippen LogP contribution in [0.1, 0.15) is 30.4 Å². The molecular weight excluding hydrogens is 366 g/mol. The Kier molecular flexibility index (Phi) is 7.44. The second-order valence-electron chi connectivity index (χ2n) is 6.41. The molecule has 0 bridgehead atoms. The summed E-state index contributed by atoms with van der Waals surface area (Å²) in [5.74, 6) is -0.756. The lowest BCUT2D eigenvalue weighted by Gasteiger charge is -2.12. The average Bonchev–Trinajstić information content (AvgIpc) is 2.75. The number of pyridine rings is 1. The smallest absolute Gasteiger partial charge is 0.316 e. The van der Waals surface area contributed by atoms with Gasteiger partial charge >= 0.3 is 5.97 Å². The van der Waals surface area contributed by atoms with E-state index in [4.69, 9.17) is 0 Å². The number of allylic oxidation sites excluding steroid dienone is 1. The highest BCUT2D eigenvalue weighted by Crippen LogP contribution is 2.28. The highest BCUT2D eigenvalue weighted by molar-refractivity contribution is 8.00. The maximum absolute atomic E-state index is 11.6. The number of thioether (sulfide) groups is 1. The largest absolute Gasteiger partial charge is 0.480 e. The summed E-state index contributed by atoms with van der Waals surface area (Å²) >= 11 is 1.42. The third-order valence-electron chi connectivity index (χ3n) is 4.37. The third kappa shape index (κ3) is 5.83. The molecule has 1 aromatic heterocycles. The standard InChI is InChI=1S/C24H23NO2S/c26-24(27)23(28-21-13-5-2-6-14-21)16-8-7-15-22(19-10-3-1-4-11-19)20-12-9-17-25-18-20/h1-6,9-15,17-18,23H,7-8,16H2,(H,26,27). The van der Waals surface area contributed by atoms with Crippen LogP contribution in [0.5, 0.6) is 0 Å². The number of unbranched alkanes of at least 4 members (excludes halogenated alkanes) is 1. The Morgan fingerprint density at radius 3 is 2.29 bits per heavy atom. The van der Waals surface area contributed by atoms with Crippen molar-refractivity contribution in [2.75, 3.05) is 0 Å². The van der Waals surface area contributed by atoms with E-state index in [1.165, 1.54) is 11.8 Å². The van der Waals surface area contributed by atoms with Gasteiger partial charge in [0.1, 0.15) is 5.25 Å². The van der Waals surface area contributed by atoms with Gasteiger partial charge in [0.25, 0.3) is 0 Å². The Bertz CT molecular complexity index is 854. The molecule has 0 radical (unpaired) electrons. The van der Waals surface area contributed by atoms with Crippen LogP contribution in [0.3, 0.4) is 0 Å². The van der Waals surface area contributed by atoms with E-state index in [-0.39, 0.29) is 0 Å². The predicted octanol–water partition coefficient (Wildman–Crippen LogP) is 5.93. The molecule has 28 heavy (non-hydrogen) atoms. The molecule has 0 aliphatic heterocycles. The summed E-state index contributed by atoms with van der Waals surface area (Å²) in [5, 5.41) is 9.12. The Morgan fingerprint density at radius 2 is 1.64 bits per heavy atom. The van der Waals surface area contributed by atoms with Crippen molar-refractivity contribution >= 4 is 23.3 Å². The molecule has 0 aliphatic carbocycles. The average molecular weight is 390 g/mol. The fraction of sp³-hybridized carbons (Fsp3) is 0.167. The van der Waals surface area contributed by atoms with Crippen LogP contribution in [0.15, 0.2) is 96.2 Å². The van der Waals surface area contributed by atoms with Crippen molar-refractivity contribution in [2.24, 2.45) is 0 Å². The van der Waals surface area contributed by atoms with E-state index in [1.807, 2.05) is 60.8 Å². The summed E-state index contributed by atoms with van der Waals surface area (Å²) in [5.41, 5.74) is 3.35. The number of carbonyl (C=O) groups is 1. The monoisotopic (exact) mass is 389 g/mol. The van der Waals surface area contributed by atoms with Gasteiger partial charge in [-0.05, 0) is 48.6 Å². The first-order valence-electron chi connectivity index (χ1n) is 9.34. The van der Waals surface area contributed by atoms with Gasteiger partial charge in [-0.1, -0.05) is 60.7 Å². The summed E-state index contributed by atoms with van der Waals surface area (Å²) in [7, 11) is 0. The van der Waals surface area contributed by atoms with Gasteiger partial charge in [-0.25, -0.2) is 0 Å². The van der Waals surface area contributed by atoms with E-state index in [0.717, 1.165) is 34.4 Å². The van der Waals surface area contributed by atoms with Crippen LogP contribution in [-0.2, 0) is 4.79 Å². The lowest BCUT2D eigenvalue weighted by molar-refractivity contribution is -0.136. The molecule has 3 nitrogen and oxygen atoms in total. The van der Waals surface area contributed by atoms with E-state index in [0.29, 0.717) is 6.42 Å². The number of nitrogens with zero attached hydrogens (tertiary/aromatic N) is 1. The highest BCUT2D eigenvalue weighted by Gasteiger charge is 2.18. The fourth-order valence-corrected chi connectivity index (χ4v) is 4.02. The highest BCUT2D eigenvalue weighted by atomic mass is 32.2. The normalized spacial score (nSPS) is 12.5. The summed E-state index contributed by atoms with van der Waals surface area (Å²) < 4.78 is 0. The summed E-state index contributed by atoms with van der Waals surface area (Å²) in [6.07, 6.45) is 8.08. The van der Waals surface area contributed by atoms with E-state index in [9.17, 15) is 9.90 Å². The first kappa shape index (κ1) is 19.9. The van der Waals surface area contributed by atoms with Crippen LogP contribution in [0.4, 0.5) is 0 Å². The minimum absolute atomic E-state index is 0.436. The number of rotatable bonds is 9. The quantitative estimate of drug-likeness (QED) is 0.364. The molecule has 1 N–H and O–H groups in total. The molecule has 0 spiro atoms. The van der Waals surface area contributed by atoms with Crippen molar-refractivity contribution in [1.29, 1.82) is 0 Å². The molecule has 0 saturated carbocycles. The number of hydrogen-bond donors (Lipinski definition) is 1. The summed E-state index contributed by atoms with van der Waals surface area (Å²) in [4.78, 5) is 16.9. The minimum atomic E-state index is -0.756. The van der Waals surface area contributed by atoms with Gasteiger partial charge < -0.3 is 5.11 Å². The molecule has 4 heteroatoms. The van der Waals surface area contributed by atoms with Gasteiger partial charge in [-0.3, -0.25) is 9.78 Å². The van der Waals surface area contributed by atoms with Crippen molar-refractivity contribution in [2.45, 2.75) is 29.4 Å². The van der Waals surface area contributed by atoms with Gasteiger partial charge in [0.2, 0.25) is 0 Å². The molecule has 1 unspecified atom stereocenters. The summed E-state index contributed by atoms with van der Waals surface area (Å²) in [6.45, 7) is 0. The summed E-state index contributed by atoms with van der Waals surface area (Å²) in [6, 6.07) is 23.9. The van der Waals surface area contributed by atoms with Crippen LogP contribution < -0.4 is 0 Å². The molecule has 1 heterocycles. The zero-order chi connectivity index (χ0) is 19.6. The molecule has 0 fully saturated rings. The number of carboxylic acid groups (broad SMARTS) is 1. The zero-order valence-electron chi connectivity index (χ0n) is 15.6. The maximum Gasteiger partial charge on any atom is 0.316 e. The first-order valence-corrected chi connectivity index (χ1v) is 10.2. The molecule has 3 rings (SSSR count). The van der Waals surface area contributed by atoms with Crippen molar-refractivity contribution in [3.05, 3.63) is 102 Å². The van der Waals surface area contributed by atoms with Gasteiger partial charge in [0, 0.05) is 22.9 Å². The second-order valence-corrected chi connectivity index (χ2v) is 7.69. The number of carboxylic acids is 1. The van der Waals surface area contributed by atoms with Gasteiger partial charge in [0.05, 0.1) is 0 Å². The van der Waals surface area contributed by atoms with Crippen molar-refractivity contribution in [3.8, 4) is 0 Å². The lowest BCUT2D eigenvalue weighted by Crippen LogP contribution is -2.15. The number of hydrogen-bond acceptors (Lipinski definition) is 3. The Morgan fingerprint density at radius 1 is 0.964 bits per heavy atom.